The van der Waals surface area contributed by atoms with Gasteiger partial charge in [-0.3, -0.25) is 9.69 Å². The highest BCUT2D eigenvalue weighted by atomic mass is 35.5. The van der Waals surface area contributed by atoms with Crippen molar-refractivity contribution in [3.63, 3.8) is 0 Å². The van der Waals surface area contributed by atoms with Crippen LogP contribution in [0.4, 0.5) is 0 Å². The molecule has 0 spiro atoms. The summed E-state index contributed by atoms with van der Waals surface area (Å²) >= 11 is 8.08. The minimum absolute atomic E-state index is 0.238. The zero-order valence-electron chi connectivity index (χ0n) is 14.3. The third-order valence-electron chi connectivity index (χ3n) is 4.50. The summed E-state index contributed by atoms with van der Waals surface area (Å²) in [7, 11) is 0. The van der Waals surface area contributed by atoms with Gasteiger partial charge in [-0.25, -0.2) is 0 Å². The van der Waals surface area contributed by atoms with E-state index in [-0.39, 0.29) is 5.91 Å². The third-order valence-corrected chi connectivity index (χ3v) is 5.93. The first-order valence-electron chi connectivity index (χ1n) is 8.71. The minimum Gasteiger partial charge on any atom is -0.340 e. The fourth-order valence-corrected chi connectivity index (χ4v) is 4.44. The molecule has 1 aromatic heterocycles. The van der Waals surface area contributed by atoms with Gasteiger partial charge in [0.25, 0.3) is 0 Å². The van der Waals surface area contributed by atoms with Crippen molar-refractivity contribution in [3.05, 3.63) is 46.3 Å². The lowest BCUT2D eigenvalue weighted by Crippen LogP contribution is -2.48. The first kappa shape index (κ1) is 18.4. The number of nitrogens with two attached hydrogens (primary N) is 1. The molecule has 1 fully saturated rings. The van der Waals surface area contributed by atoms with Gasteiger partial charge in [0.1, 0.15) is 0 Å². The van der Waals surface area contributed by atoms with E-state index in [2.05, 4.69) is 23.1 Å². The summed E-state index contributed by atoms with van der Waals surface area (Å²) in [6.07, 6.45) is 1.35. The van der Waals surface area contributed by atoms with E-state index in [1.54, 1.807) is 11.3 Å². The van der Waals surface area contributed by atoms with Gasteiger partial charge in [-0.05, 0) is 31.2 Å². The largest absolute Gasteiger partial charge is 0.340 e. The normalized spacial score (nSPS) is 15.5. The van der Waals surface area contributed by atoms with Crippen molar-refractivity contribution in [2.45, 2.75) is 19.4 Å². The molecule has 1 aliphatic heterocycles. The Morgan fingerprint density at radius 2 is 1.88 bits per heavy atom. The van der Waals surface area contributed by atoms with E-state index in [1.165, 1.54) is 9.75 Å². The minimum atomic E-state index is 0.238. The third kappa shape index (κ3) is 4.82. The fraction of sp³-hybridized carbons (Fsp3) is 0.421. The van der Waals surface area contributed by atoms with Crippen molar-refractivity contribution in [1.82, 2.24) is 9.80 Å². The molecular formula is C19H24ClN3OS. The van der Waals surface area contributed by atoms with Crippen molar-refractivity contribution in [3.8, 4) is 10.4 Å². The Balaban J connectivity index is 1.53. The second-order valence-corrected chi connectivity index (χ2v) is 7.87. The molecule has 1 aromatic carbocycles. The van der Waals surface area contributed by atoms with Gasteiger partial charge < -0.3 is 10.6 Å². The lowest BCUT2D eigenvalue weighted by Gasteiger charge is -2.34. The lowest BCUT2D eigenvalue weighted by molar-refractivity contribution is -0.133. The molecule has 0 unspecified atom stereocenters. The highest BCUT2D eigenvalue weighted by Gasteiger charge is 2.21. The van der Waals surface area contributed by atoms with Crippen LogP contribution >= 0.6 is 22.9 Å². The van der Waals surface area contributed by atoms with E-state index in [0.29, 0.717) is 13.0 Å². The zero-order valence-corrected chi connectivity index (χ0v) is 15.9. The zero-order chi connectivity index (χ0) is 17.6. The van der Waals surface area contributed by atoms with Crippen molar-refractivity contribution in [2.24, 2.45) is 5.73 Å². The molecule has 3 rings (SSSR count). The molecule has 0 radical (unpaired) electrons. The lowest BCUT2D eigenvalue weighted by atomic mass is 10.2. The number of rotatable bonds is 6. The van der Waals surface area contributed by atoms with Crippen LogP contribution < -0.4 is 5.73 Å². The molecule has 4 nitrogen and oxygen atoms in total. The number of benzene rings is 1. The smallest absolute Gasteiger partial charge is 0.222 e. The van der Waals surface area contributed by atoms with Crippen LogP contribution in [-0.2, 0) is 11.3 Å². The molecule has 0 saturated carbocycles. The molecule has 6 heteroatoms. The Hall–Kier alpha value is -1.40. The molecule has 25 heavy (non-hydrogen) atoms. The van der Waals surface area contributed by atoms with Gasteiger partial charge in [0, 0.05) is 59.5 Å². The van der Waals surface area contributed by atoms with Crippen LogP contribution in [0.2, 0.25) is 5.02 Å². The van der Waals surface area contributed by atoms with Crippen molar-refractivity contribution >= 4 is 28.8 Å². The number of thiophene rings is 1. The molecule has 1 saturated heterocycles. The first-order valence-corrected chi connectivity index (χ1v) is 9.90. The van der Waals surface area contributed by atoms with Gasteiger partial charge in [0.05, 0.1) is 0 Å². The average molecular weight is 378 g/mol. The predicted octanol–water partition coefficient (Wildman–Crippen LogP) is 3.45. The predicted molar refractivity (Wildman–Crippen MR) is 105 cm³/mol. The molecule has 1 aliphatic rings. The van der Waals surface area contributed by atoms with Crippen molar-refractivity contribution in [1.29, 1.82) is 0 Å². The Bertz CT molecular complexity index is 710. The summed E-state index contributed by atoms with van der Waals surface area (Å²) < 4.78 is 0. The number of carbonyl (C=O) groups is 1. The highest BCUT2D eigenvalue weighted by Crippen LogP contribution is 2.33. The number of hydrogen-bond acceptors (Lipinski definition) is 4. The topological polar surface area (TPSA) is 49.6 Å². The van der Waals surface area contributed by atoms with E-state index < -0.39 is 0 Å². The summed E-state index contributed by atoms with van der Waals surface area (Å²) in [5, 5.41) is 0.792. The van der Waals surface area contributed by atoms with Gasteiger partial charge in [0.15, 0.2) is 0 Å². The Labute approximate surface area is 158 Å². The summed E-state index contributed by atoms with van der Waals surface area (Å²) in [5.74, 6) is 0.238. The van der Waals surface area contributed by atoms with Crippen molar-refractivity contribution in [2.75, 3.05) is 32.7 Å². The summed E-state index contributed by atoms with van der Waals surface area (Å²) in [6, 6.07) is 12.3. The van der Waals surface area contributed by atoms with E-state index in [4.69, 9.17) is 17.3 Å². The van der Waals surface area contributed by atoms with Gasteiger partial charge in [-0.2, -0.15) is 0 Å². The SMILES string of the molecule is NCCCC(=O)N1CCN(Cc2ccc(-c3ccccc3Cl)s2)CC1. The molecule has 1 amide bonds. The van der Waals surface area contributed by atoms with E-state index in [1.807, 2.05) is 23.1 Å². The van der Waals surface area contributed by atoms with Crippen LogP contribution in [0.1, 0.15) is 17.7 Å². The molecule has 2 N–H and O–H groups in total. The van der Waals surface area contributed by atoms with Gasteiger partial charge in [0.2, 0.25) is 5.91 Å². The maximum atomic E-state index is 12.1. The average Bonchev–Trinajstić information content (AvgIpc) is 3.09. The number of piperazine rings is 1. The maximum absolute atomic E-state index is 12.1. The van der Waals surface area contributed by atoms with E-state index in [9.17, 15) is 4.79 Å². The number of halogens is 1. The summed E-state index contributed by atoms with van der Waals surface area (Å²) in [4.78, 5) is 19.0. The molecule has 134 valence electrons. The Kier molecular flexibility index (Phi) is 6.48. The molecule has 0 bridgehead atoms. The molecule has 0 atom stereocenters. The second-order valence-electron chi connectivity index (χ2n) is 6.29. The number of amides is 1. The van der Waals surface area contributed by atoms with Crippen LogP contribution in [0.3, 0.4) is 0 Å². The number of nitrogens with zero attached hydrogens (tertiary/aromatic N) is 2. The van der Waals surface area contributed by atoms with Gasteiger partial charge in [-0.1, -0.05) is 29.8 Å². The monoisotopic (exact) mass is 377 g/mol. The van der Waals surface area contributed by atoms with Crippen molar-refractivity contribution < 1.29 is 4.79 Å². The van der Waals surface area contributed by atoms with Gasteiger partial charge >= 0.3 is 0 Å². The number of carbonyl (C=O) groups excluding carboxylic acids is 1. The first-order chi connectivity index (χ1) is 12.2. The van der Waals surface area contributed by atoms with Gasteiger partial charge in [-0.15, -0.1) is 11.3 Å². The fourth-order valence-electron chi connectivity index (χ4n) is 3.06. The molecule has 2 aromatic rings. The standard InChI is InChI=1S/C19H24ClN3OS/c20-17-5-2-1-4-16(17)18-8-7-15(25-18)14-22-10-12-23(13-11-22)19(24)6-3-9-21/h1-2,4-5,7-8H,3,6,9-14,21H2. The quantitative estimate of drug-likeness (QED) is 0.838. The summed E-state index contributed by atoms with van der Waals surface area (Å²) in [5.41, 5.74) is 6.57. The van der Waals surface area contributed by atoms with Crippen LogP contribution in [0, 0.1) is 0 Å². The molecule has 0 aliphatic carbocycles. The Morgan fingerprint density at radius 3 is 2.60 bits per heavy atom. The second kappa shape index (κ2) is 8.81. The van der Waals surface area contributed by atoms with E-state index >= 15 is 0 Å². The molecular weight excluding hydrogens is 354 g/mol. The van der Waals surface area contributed by atoms with Crippen LogP contribution in [0.15, 0.2) is 36.4 Å². The Morgan fingerprint density at radius 1 is 1.12 bits per heavy atom. The molecule has 2 heterocycles. The van der Waals surface area contributed by atoms with Crippen LogP contribution in [-0.4, -0.2) is 48.4 Å². The van der Waals surface area contributed by atoms with Crippen LogP contribution in [0.5, 0.6) is 0 Å². The summed E-state index contributed by atoms with van der Waals surface area (Å²) in [6.45, 7) is 4.98. The van der Waals surface area contributed by atoms with E-state index in [0.717, 1.165) is 49.7 Å². The van der Waals surface area contributed by atoms with Crippen LogP contribution in [0.25, 0.3) is 10.4 Å². The number of hydrogen-bond donors (Lipinski definition) is 1. The maximum Gasteiger partial charge on any atom is 0.222 e. The highest BCUT2D eigenvalue weighted by molar-refractivity contribution is 7.15.